The van der Waals surface area contributed by atoms with E-state index in [4.69, 9.17) is 15.5 Å². The van der Waals surface area contributed by atoms with Crippen LogP contribution in [0.15, 0.2) is 60.1 Å². The number of nitrogens with two attached hydrogens (primary N) is 1. The molecule has 0 aliphatic rings. The molecule has 0 aliphatic heterocycles. The van der Waals surface area contributed by atoms with Crippen molar-refractivity contribution in [3.05, 3.63) is 65.8 Å². The fraction of sp³-hybridized carbons (Fsp3) is 0.100. The molecule has 5 nitrogen and oxygen atoms in total. The average molecular weight is 363 g/mol. The van der Waals surface area contributed by atoms with Crippen molar-refractivity contribution >= 4 is 28.5 Å². The summed E-state index contributed by atoms with van der Waals surface area (Å²) in [6.07, 6.45) is 1.81. The number of carbonyl (C=O) groups excluding carboxylic acids is 1. The number of ether oxygens (including phenoxy) is 1. The Kier molecular flexibility index (Phi) is 4.18. The Labute approximate surface area is 154 Å². The van der Waals surface area contributed by atoms with E-state index < -0.39 is 5.97 Å². The van der Waals surface area contributed by atoms with Gasteiger partial charge in [-0.25, -0.2) is 9.78 Å². The van der Waals surface area contributed by atoms with Gasteiger partial charge in [-0.05, 0) is 19.1 Å². The first-order valence-electron chi connectivity index (χ1n) is 8.27. The van der Waals surface area contributed by atoms with Crippen LogP contribution in [0.2, 0.25) is 0 Å². The molecule has 6 heteroatoms. The number of esters is 1. The van der Waals surface area contributed by atoms with Gasteiger partial charge in [-0.15, -0.1) is 11.3 Å². The van der Waals surface area contributed by atoms with Crippen molar-refractivity contribution in [2.75, 3.05) is 12.3 Å². The summed E-state index contributed by atoms with van der Waals surface area (Å²) in [5, 5.41) is 2.78. The van der Waals surface area contributed by atoms with E-state index in [1.165, 1.54) is 11.3 Å². The van der Waals surface area contributed by atoms with Crippen molar-refractivity contribution in [2.24, 2.45) is 0 Å². The molecule has 0 bridgehead atoms. The van der Waals surface area contributed by atoms with Gasteiger partial charge in [0.05, 0.1) is 29.1 Å². The van der Waals surface area contributed by atoms with Crippen LogP contribution < -0.4 is 5.73 Å². The van der Waals surface area contributed by atoms with E-state index in [-0.39, 0.29) is 0 Å². The Morgan fingerprint density at radius 3 is 2.73 bits per heavy atom. The van der Waals surface area contributed by atoms with Crippen molar-refractivity contribution in [2.45, 2.75) is 6.92 Å². The van der Waals surface area contributed by atoms with Crippen LogP contribution in [-0.2, 0) is 4.74 Å². The van der Waals surface area contributed by atoms with E-state index in [9.17, 15) is 4.79 Å². The molecule has 0 aliphatic carbocycles. The van der Waals surface area contributed by atoms with Crippen molar-refractivity contribution in [3.8, 4) is 21.8 Å². The molecule has 0 amide bonds. The molecule has 4 rings (SSSR count). The van der Waals surface area contributed by atoms with Gasteiger partial charge in [0.1, 0.15) is 5.01 Å². The second-order valence-corrected chi connectivity index (χ2v) is 6.58. The number of carbonyl (C=O) groups is 1. The molecule has 0 fully saturated rings. The van der Waals surface area contributed by atoms with Gasteiger partial charge < -0.3 is 14.9 Å². The smallest absolute Gasteiger partial charge is 0.357 e. The topological polar surface area (TPSA) is 69.6 Å². The maximum absolute atomic E-state index is 12.4. The highest BCUT2D eigenvalue weighted by Crippen LogP contribution is 2.38. The largest absolute Gasteiger partial charge is 0.461 e. The van der Waals surface area contributed by atoms with Crippen LogP contribution in [0.4, 0.5) is 5.69 Å². The van der Waals surface area contributed by atoms with Crippen LogP contribution in [0.5, 0.6) is 0 Å². The molecule has 4 aromatic rings. The van der Waals surface area contributed by atoms with Crippen LogP contribution in [0.3, 0.4) is 0 Å². The normalized spacial score (nSPS) is 11.0. The number of fused-ring (bicyclic) bond motifs is 1. The lowest BCUT2D eigenvalue weighted by Crippen LogP contribution is -2.10. The highest BCUT2D eigenvalue weighted by molar-refractivity contribution is 7.13. The lowest BCUT2D eigenvalue weighted by molar-refractivity contribution is 0.0520. The number of nitrogen functional groups attached to an aromatic ring is 1. The number of hydrogen-bond donors (Lipinski definition) is 1. The molecular weight excluding hydrogens is 346 g/mol. The van der Waals surface area contributed by atoms with E-state index in [1.54, 1.807) is 11.3 Å². The number of pyridine rings is 1. The number of nitrogens with zero attached hydrogens (tertiary/aromatic N) is 2. The summed E-state index contributed by atoms with van der Waals surface area (Å²) < 4.78 is 6.95. The minimum atomic E-state index is -0.433. The molecule has 0 unspecified atom stereocenters. The van der Waals surface area contributed by atoms with Crippen molar-refractivity contribution in [1.82, 2.24) is 9.38 Å². The number of rotatable bonds is 4. The average Bonchev–Trinajstić information content (AvgIpc) is 3.24. The maximum atomic E-state index is 12.4. The lowest BCUT2D eigenvalue weighted by atomic mass is 10.2. The van der Waals surface area contributed by atoms with E-state index in [1.807, 2.05) is 60.1 Å². The van der Waals surface area contributed by atoms with Gasteiger partial charge in [-0.1, -0.05) is 36.4 Å². The van der Waals surface area contributed by atoms with Crippen LogP contribution in [0.25, 0.3) is 27.3 Å². The molecule has 0 saturated heterocycles. The third kappa shape index (κ3) is 2.64. The van der Waals surface area contributed by atoms with Crippen molar-refractivity contribution in [1.29, 1.82) is 0 Å². The summed E-state index contributed by atoms with van der Waals surface area (Å²) in [4.78, 5) is 17.2. The molecule has 3 heterocycles. The zero-order valence-electron chi connectivity index (χ0n) is 14.2. The predicted octanol–water partition coefficient (Wildman–Crippen LogP) is 4.49. The SMILES string of the molecule is CCOC(=O)c1c(N)c(-c2nc(-c3ccccc3)cs2)c2ccccn12. The van der Waals surface area contributed by atoms with Crippen molar-refractivity contribution in [3.63, 3.8) is 0 Å². The second-order valence-electron chi connectivity index (χ2n) is 5.72. The first-order valence-corrected chi connectivity index (χ1v) is 9.15. The van der Waals surface area contributed by atoms with Crippen LogP contribution in [-0.4, -0.2) is 22.0 Å². The summed E-state index contributed by atoms with van der Waals surface area (Å²) in [6.45, 7) is 2.07. The molecule has 0 spiro atoms. The first-order chi connectivity index (χ1) is 12.7. The Balaban J connectivity index is 1.89. The van der Waals surface area contributed by atoms with Gasteiger partial charge in [0.2, 0.25) is 0 Å². The highest BCUT2D eigenvalue weighted by atomic mass is 32.1. The third-order valence-corrected chi connectivity index (χ3v) is 5.00. The number of anilines is 1. The minimum absolute atomic E-state index is 0.295. The maximum Gasteiger partial charge on any atom is 0.357 e. The molecule has 26 heavy (non-hydrogen) atoms. The summed E-state index contributed by atoms with van der Waals surface area (Å²) in [7, 11) is 0. The molecule has 0 saturated carbocycles. The lowest BCUT2D eigenvalue weighted by Gasteiger charge is -2.03. The molecule has 1 aromatic carbocycles. The van der Waals surface area contributed by atoms with Gasteiger partial charge >= 0.3 is 5.97 Å². The Bertz CT molecular complexity index is 1080. The molecule has 0 atom stereocenters. The number of thiazole rings is 1. The first kappa shape index (κ1) is 16.4. The molecule has 2 N–H and O–H groups in total. The minimum Gasteiger partial charge on any atom is -0.461 e. The van der Waals surface area contributed by atoms with E-state index in [0.717, 1.165) is 27.3 Å². The Morgan fingerprint density at radius 1 is 1.19 bits per heavy atom. The summed E-state index contributed by atoms with van der Waals surface area (Å²) in [5.74, 6) is -0.433. The zero-order chi connectivity index (χ0) is 18.1. The Hall–Kier alpha value is -3.12. The van der Waals surface area contributed by atoms with Gasteiger partial charge in [-0.3, -0.25) is 0 Å². The summed E-state index contributed by atoms with van der Waals surface area (Å²) in [6, 6.07) is 15.7. The summed E-state index contributed by atoms with van der Waals surface area (Å²) >= 11 is 1.51. The van der Waals surface area contributed by atoms with Gasteiger partial charge in [-0.2, -0.15) is 0 Å². The highest BCUT2D eigenvalue weighted by Gasteiger charge is 2.24. The van der Waals surface area contributed by atoms with Crippen LogP contribution in [0.1, 0.15) is 17.4 Å². The molecule has 3 aromatic heterocycles. The molecule has 130 valence electrons. The predicted molar refractivity (Wildman–Crippen MR) is 104 cm³/mol. The van der Waals surface area contributed by atoms with Crippen molar-refractivity contribution < 1.29 is 9.53 Å². The Morgan fingerprint density at radius 2 is 1.96 bits per heavy atom. The van der Waals surface area contributed by atoms with Gasteiger partial charge in [0.25, 0.3) is 0 Å². The molecule has 0 radical (unpaired) electrons. The van der Waals surface area contributed by atoms with Crippen LogP contribution in [0, 0.1) is 0 Å². The van der Waals surface area contributed by atoms with Crippen LogP contribution >= 0.6 is 11.3 Å². The van der Waals surface area contributed by atoms with Gasteiger partial charge in [0.15, 0.2) is 5.69 Å². The number of aromatic nitrogens is 2. The van der Waals surface area contributed by atoms with Gasteiger partial charge in [0, 0.05) is 17.1 Å². The third-order valence-electron chi connectivity index (χ3n) is 4.14. The van der Waals surface area contributed by atoms with E-state index >= 15 is 0 Å². The number of benzene rings is 1. The van der Waals surface area contributed by atoms with E-state index in [0.29, 0.717) is 18.0 Å². The number of hydrogen-bond acceptors (Lipinski definition) is 5. The van der Waals surface area contributed by atoms with E-state index in [2.05, 4.69) is 0 Å². The second kappa shape index (κ2) is 6.65. The fourth-order valence-electron chi connectivity index (χ4n) is 2.99. The monoisotopic (exact) mass is 363 g/mol. The fourth-order valence-corrected chi connectivity index (χ4v) is 3.89. The standard InChI is InChI=1S/C20H17N3O2S/c1-2-25-20(24)18-17(21)16(15-10-6-7-11-23(15)18)19-22-14(12-26-19)13-8-4-3-5-9-13/h3-12H,2,21H2,1H3. The molecular formula is C20H17N3O2S. The quantitative estimate of drug-likeness (QED) is 0.543. The summed E-state index contributed by atoms with van der Waals surface area (Å²) in [5.41, 5.74) is 10.6. The zero-order valence-corrected chi connectivity index (χ0v) is 15.0.